The molecule has 0 bridgehead atoms. The summed E-state index contributed by atoms with van der Waals surface area (Å²) in [5.74, 6) is 2.17. The molecule has 4 N–H and O–H groups in total. The molecule has 2 amide bonds. The Morgan fingerprint density at radius 3 is 2.30 bits per heavy atom. The number of nitrogens with zero attached hydrogens (tertiary/aromatic N) is 1. The summed E-state index contributed by atoms with van der Waals surface area (Å²) in [7, 11) is 0.740. The Bertz CT molecular complexity index is 1050. The van der Waals surface area contributed by atoms with Gasteiger partial charge in [-0.3, -0.25) is 13.8 Å². The van der Waals surface area contributed by atoms with Gasteiger partial charge >= 0.3 is 0 Å². The van der Waals surface area contributed by atoms with Crippen LogP contribution < -0.4 is 10.6 Å². The number of hydrogen-bond donors (Lipinski definition) is 4. The average Bonchev–Trinajstić information content (AvgIpc) is 2.99. The molecule has 1 aliphatic rings. The molecule has 0 aliphatic heterocycles. The summed E-state index contributed by atoms with van der Waals surface area (Å²) >= 11 is 0. The van der Waals surface area contributed by atoms with Crippen LogP contribution in [0.4, 0.5) is 0 Å². The lowest BCUT2D eigenvalue weighted by molar-refractivity contribution is -0.132. The zero-order valence-corrected chi connectivity index (χ0v) is 28.4. The van der Waals surface area contributed by atoms with Crippen molar-refractivity contribution >= 4 is 22.6 Å². The molecule has 0 heterocycles. The van der Waals surface area contributed by atoms with Crippen LogP contribution >= 0.6 is 0 Å². The van der Waals surface area contributed by atoms with Gasteiger partial charge in [-0.2, -0.15) is 0 Å². The predicted octanol–water partition coefficient (Wildman–Crippen LogP) is 3.67. The zero-order chi connectivity index (χ0) is 32.6. The van der Waals surface area contributed by atoms with Crippen LogP contribution in [0, 0.1) is 30.1 Å². The minimum atomic E-state index is -1.25. The third kappa shape index (κ3) is 13.8. The van der Waals surface area contributed by atoms with E-state index in [0.29, 0.717) is 43.5 Å². The third-order valence-electron chi connectivity index (χ3n) is 8.75. The number of aliphatic hydroxyl groups excluding tert-OH is 2. The van der Waals surface area contributed by atoms with Crippen molar-refractivity contribution in [1.82, 2.24) is 15.5 Å². The molecule has 1 aromatic rings. The monoisotopic (exact) mass is 631 g/mol. The maximum atomic E-state index is 13.7. The predicted molar refractivity (Wildman–Crippen MR) is 179 cm³/mol. The first-order valence-electron chi connectivity index (χ1n) is 16.4. The van der Waals surface area contributed by atoms with Gasteiger partial charge in [0.2, 0.25) is 11.8 Å². The molecule has 6 atom stereocenters. The molecular formula is C35H57N3O5S. The maximum Gasteiger partial charge on any atom is 0.243 e. The largest absolute Gasteiger partial charge is 0.390 e. The van der Waals surface area contributed by atoms with Crippen LogP contribution in [0.1, 0.15) is 84.6 Å². The van der Waals surface area contributed by atoms with Gasteiger partial charge in [0, 0.05) is 41.3 Å². The summed E-state index contributed by atoms with van der Waals surface area (Å²) in [4.78, 5) is 29.4. The highest BCUT2D eigenvalue weighted by Crippen LogP contribution is 2.29. The van der Waals surface area contributed by atoms with E-state index in [1.807, 2.05) is 51.2 Å². The van der Waals surface area contributed by atoms with E-state index in [-0.39, 0.29) is 24.0 Å². The van der Waals surface area contributed by atoms with Gasteiger partial charge in [0.1, 0.15) is 12.1 Å². The highest BCUT2D eigenvalue weighted by atomic mass is 32.2. The van der Waals surface area contributed by atoms with Gasteiger partial charge in [-0.15, -0.1) is 12.3 Å². The number of benzene rings is 1. The molecule has 0 saturated heterocycles. The zero-order valence-electron chi connectivity index (χ0n) is 27.5. The van der Waals surface area contributed by atoms with E-state index < -0.39 is 46.9 Å². The SMILES string of the molecule is C#CC[C@H](NC(=O)[C@H](Cc1ccccc1)CS(=O)CCN(C)C(C)C)C(=O)N[C@@H](CC1CCCCC1)[C@@H](O)[C@@H](O)CC(C)C. The van der Waals surface area contributed by atoms with E-state index in [4.69, 9.17) is 6.42 Å². The highest BCUT2D eigenvalue weighted by Gasteiger charge is 2.34. The Morgan fingerprint density at radius 2 is 1.70 bits per heavy atom. The summed E-state index contributed by atoms with van der Waals surface area (Å²) in [5.41, 5.74) is 0.941. The van der Waals surface area contributed by atoms with Crippen molar-refractivity contribution < 1.29 is 24.0 Å². The summed E-state index contributed by atoms with van der Waals surface area (Å²) < 4.78 is 13.1. The van der Waals surface area contributed by atoms with Gasteiger partial charge in [0.25, 0.3) is 0 Å². The molecule has 2 rings (SSSR count). The molecule has 1 aromatic carbocycles. The number of rotatable bonds is 19. The minimum Gasteiger partial charge on any atom is -0.390 e. The molecule has 1 aliphatic carbocycles. The number of aliphatic hydroxyl groups is 2. The molecule has 0 spiro atoms. The smallest absolute Gasteiger partial charge is 0.243 e. The molecule has 1 unspecified atom stereocenters. The molecule has 0 radical (unpaired) electrons. The van der Waals surface area contributed by atoms with Gasteiger partial charge in [0.15, 0.2) is 0 Å². The van der Waals surface area contributed by atoms with E-state index in [1.54, 1.807) is 0 Å². The molecule has 44 heavy (non-hydrogen) atoms. The lowest BCUT2D eigenvalue weighted by atomic mass is 9.82. The topological polar surface area (TPSA) is 119 Å². The van der Waals surface area contributed by atoms with E-state index in [9.17, 15) is 24.0 Å². The summed E-state index contributed by atoms with van der Waals surface area (Å²) in [6.07, 6.45) is 10.3. The van der Waals surface area contributed by atoms with Crippen molar-refractivity contribution in [3.05, 3.63) is 35.9 Å². The van der Waals surface area contributed by atoms with Crippen molar-refractivity contribution in [2.45, 2.75) is 116 Å². The first-order chi connectivity index (χ1) is 20.9. The lowest BCUT2D eigenvalue weighted by Gasteiger charge is -2.33. The van der Waals surface area contributed by atoms with Gasteiger partial charge < -0.3 is 25.7 Å². The number of nitrogens with one attached hydrogen (secondary N) is 2. The molecule has 9 heteroatoms. The lowest BCUT2D eigenvalue weighted by Crippen LogP contribution is -2.56. The summed E-state index contributed by atoms with van der Waals surface area (Å²) in [6, 6.07) is 8.21. The Hall–Kier alpha value is -2.25. The van der Waals surface area contributed by atoms with Crippen LogP contribution in [0.15, 0.2) is 30.3 Å². The van der Waals surface area contributed by atoms with Crippen LogP contribution in [0.5, 0.6) is 0 Å². The normalized spacial score (nSPS) is 18.3. The standard InChI is InChI=1S/C35H57N3O5S/c1-7-14-30(35(42)37-31(23-28-17-12-9-13-18-28)33(40)32(39)21-25(2)3)36-34(41)29(22-27-15-10-8-11-16-27)24-44(43)20-19-38(6)26(4)5/h1,8,10-11,15-16,25-26,28-33,39-40H,9,12-14,17-24H2,2-6H3,(H,36,41)(H,37,42)/t29-,30+,31+,32+,33-,44?/m1/s1. The average molecular weight is 632 g/mol. The van der Waals surface area contributed by atoms with Crippen LogP contribution in [0.3, 0.4) is 0 Å². The Morgan fingerprint density at radius 1 is 1.05 bits per heavy atom. The van der Waals surface area contributed by atoms with Crippen molar-refractivity contribution in [3.63, 3.8) is 0 Å². The van der Waals surface area contributed by atoms with Gasteiger partial charge in [-0.05, 0) is 57.6 Å². The summed E-state index contributed by atoms with van der Waals surface area (Å²) in [5, 5.41) is 27.7. The van der Waals surface area contributed by atoms with Crippen LogP contribution in [-0.2, 0) is 26.8 Å². The Labute approximate surface area is 268 Å². The van der Waals surface area contributed by atoms with E-state index in [1.165, 1.54) is 6.42 Å². The molecule has 248 valence electrons. The van der Waals surface area contributed by atoms with Crippen LogP contribution in [0.25, 0.3) is 0 Å². The number of hydrogen-bond acceptors (Lipinski definition) is 6. The first kappa shape index (κ1) is 37.9. The van der Waals surface area contributed by atoms with Gasteiger partial charge in [-0.25, -0.2) is 0 Å². The van der Waals surface area contributed by atoms with Crippen molar-refractivity contribution in [2.24, 2.45) is 17.8 Å². The first-order valence-corrected chi connectivity index (χ1v) is 17.9. The minimum absolute atomic E-state index is 0.0291. The molecule has 0 aromatic heterocycles. The van der Waals surface area contributed by atoms with Crippen LogP contribution in [0.2, 0.25) is 0 Å². The second-order valence-corrected chi connectivity index (χ2v) is 14.9. The van der Waals surface area contributed by atoms with E-state index >= 15 is 0 Å². The Balaban J connectivity index is 2.19. The van der Waals surface area contributed by atoms with Crippen LogP contribution in [-0.4, -0.2) is 86.6 Å². The van der Waals surface area contributed by atoms with Crippen molar-refractivity contribution in [2.75, 3.05) is 25.1 Å². The van der Waals surface area contributed by atoms with Gasteiger partial charge in [0.05, 0.1) is 18.1 Å². The fraction of sp³-hybridized carbons (Fsp3) is 0.714. The second kappa shape index (κ2) is 20.0. The number of amides is 2. The number of carbonyl (C=O) groups excluding carboxylic acids is 2. The fourth-order valence-electron chi connectivity index (χ4n) is 5.79. The number of terminal acetylenes is 1. The van der Waals surface area contributed by atoms with Gasteiger partial charge in [-0.1, -0.05) is 76.3 Å². The molecular weight excluding hydrogens is 574 g/mol. The highest BCUT2D eigenvalue weighted by molar-refractivity contribution is 7.85. The van der Waals surface area contributed by atoms with Crippen molar-refractivity contribution in [3.8, 4) is 12.3 Å². The molecule has 1 fully saturated rings. The Kier molecular flexibility index (Phi) is 17.2. The quantitative estimate of drug-likeness (QED) is 0.173. The second-order valence-electron chi connectivity index (χ2n) is 13.3. The maximum absolute atomic E-state index is 13.7. The molecule has 1 saturated carbocycles. The van der Waals surface area contributed by atoms with Crippen molar-refractivity contribution in [1.29, 1.82) is 0 Å². The van der Waals surface area contributed by atoms with E-state index in [0.717, 1.165) is 31.2 Å². The molecule has 8 nitrogen and oxygen atoms in total. The third-order valence-corrected chi connectivity index (χ3v) is 10.2. The number of carbonyl (C=O) groups is 2. The van der Waals surface area contributed by atoms with E-state index in [2.05, 4.69) is 35.3 Å². The summed E-state index contributed by atoms with van der Waals surface area (Å²) in [6.45, 7) is 8.76. The fourth-order valence-corrected chi connectivity index (χ4v) is 7.17.